The van der Waals surface area contributed by atoms with Gasteiger partial charge in [0.15, 0.2) is 0 Å². The van der Waals surface area contributed by atoms with E-state index in [1.54, 1.807) is 12.1 Å². The van der Waals surface area contributed by atoms with Gasteiger partial charge >= 0.3 is 0 Å². The van der Waals surface area contributed by atoms with Crippen LogP contribution < -0.4 is 0 Å². The first kappa shape index (κ1) is 15.8. The van der Waals surface area contributed by atoms with E-state index in [-0.39, 0.29) is 17.0 Å². The van der Waals surface area contributed by atoms with Crippen LogP contribution in [-0.2, 0) is 4.79 Å². The molecule has 0 saturated carbocycles. The third-order valence-corrected chi connectivity index (χ3v) is 4.59. The van der Waals surface area contributed by atoms with Gasteiger partial charge in [0.2, 0.25) is 5.91 Å². The Labute approximate surface area is 128 Å². The standard InChI is InChI=1S/C14H19N3O3S/c1-15(2)7-4-8-16-13(18)10-21-14(16)11-5-3-6-12(9-11)17(19)20/h3,5-6,9,14H,4,7-8,10H2,1-2H3. The lowest BCUT2D eigenvalue weighted by atomic mass is 10.2. The Bertz CT molecular complexity index is 536. The van der Waals surface area contributed by atoms with E-state index >= 15 is 0 Å². The van der Waals surface area contributed by atoms with Gasteiger partial charge in [-0.15, -0.1) is 11.8 Å². The van der Waals surface area contributed by atoms with E-state index in [0.29, 0.717) is 12.3 Å². The fourth-order valence-electron chi connectivity index (χ4n) is 2.32. The number of nitro benzene ring substituents is 1. The van der Waals surface area contributed by atoms with Crippen molar-refractivity contribution in [2.45, 2.75) is 11.8 Å². The number of benzene rings is 1. The number of hydrogen-bond donors (Lipinski definition) is 0. The molecular weight excluding hydrogens is 290 g/mol. The number of hydrogen-bond acceptors (Lipinski definition) is 5. The van der Waals surface area contributed by atoms with Crippen molar-refractivity contribution in [3.63, 3.8) is 0 Å². The summed E-state index contributed by atoms with van der Waals surface area (Å²) < 4.78 is 0. The molecular formula is C14H19N3O3S. The van der Waals surface area contributed by atoms with Crippen molar-refractivity contribution in [2.24, 2.45) is 0 Å². The van der Waals surface area contributed by atoms with Gasteiger partial charge in [0.1, 0.15) is 5.37 Å². The second-order valence-corrected chi connectivity index (χ2v) is 6.33. The van der Waals surface area contributed by atoms with E-state index < -0.39 is 4.92 Å². The highest BCUT2D eigenvalue weighted by Crippen LogP contribution is 2.39. The Morgan fingerprint density at radius 1 is 1.48 bits per heavy atom. The fraction of sp³-hybridized carbons (Fsp3) is 0.500. The van der Waals surface area contributed by atoms with Crippen LogP contribution in [0.2, 0.25) is 0 Å². The van der Waals surface area contributed by atoms with Gasteiger partial charge in [-0.3, -0.25) is 14.9 Å². The molecule has 1 unspecified atom stereocenters. The molecule has 1 saturated heterocycles. The molecule has 1 heterocycles. The molecule has 1 atom stereocenters. The molecule has 7 heteroatoms. The number of amides is 1. The molecule has 0 radical (unpaired) electrons. The monoisotopic (exact) mass is 309 g/mol. The molecule has 1 aromatic rings. The first-order chi connectivity index (χ1) is 9.99. The molecule has 1 aliphatic rings. The van der Waals surface area contributed by atoms with Crippen molar-refractivity contribution >= 4 is 23.4 Å². The van der Waals surface area contributed by atoms with E-state index in [4.69, 9.17) is 0 Å². The van der Waals surface area contributed by atoms with Crippen LogP contribution in [0.3, 0.4) is 0 Å². The molecule has 6 nitrogen and oxygen atoms in total. The summed E-state index contributed by atoms with van der Waals surface area (Å²) in [5.74, 6) is 0.547. The van der Waals surface area contributed by atoms with Crippen molar-refractivity contribution in [3.05, 3.63) is 39.9 Å². The lowest BCUT2D eigenvalue weighted by molar-refractivity contribution is -0.384. The predicted molar refractivity (Wildman–Crippen MR) is 83.2 cm³/mol. The molecule has 1 aliphatic heterocycles. The van der Waals surface area contributed by atoms with Crippen molar-refractivity contribution < 1.29 is 9.72 Å². The van der Waals surface area contributed by atoms with Gasteiger partial charge in [0.25, 0.3) is 5.69 Å². The molecule has 1 amide bonds. The Balaban J connectivity index is 2.11. The lowest BCUT2D eigenvalue weighted by Crippen LogP contribution is -2.31. The van der Waals surface area contributed by atoms with E-state index in [1.807, 2.05) is 25.1 Å². The average molecular weight is 309 g/mol. The minimum absolute atomic E-state index is 0.0701. The van der Waals surface area contributed by atoms with Crippen LogP contribution in [0.4, 0.5) is 5.69 Å². The topological polar surface area (TPSA) is 66.7 Å². The Kier molecular flexibility index (Phi) is 5.19. The normalized spacial score (nSPS) is 18.5. The summed E-state index contributed by atoms with van der Waals surface area (Å²) in [6, 6.07) is 6.56. The number of nitro groups is 1. The molecule has 0 aromatic heterocycles. The van der Waals surface area contributed by atoms with Gasteiger partial charge < -0.3 is 9.80 Å². The van der Waals surface area contributed by atoms with E-state index in [1.165, 1.54) is 17.8 Å². The predicted octanol–water partition coefficient (Wildman–Crippen LogP) is 2.12. The third-order valence-electron chi connectivity index (χ3n) is 3.34. The van der Waals surface area contributed by atoms with Gasteiger partial charge in [-0.1, -0.05) is 12.1 Å². The highest BCUT2D eigenvalue weighted by Gasteiger charge is 2.32. The van der Waals surface area contributed by atoms with Crippen LogP contribution in [0, 0.1) is 10.1 Å². The number of nitrogens with zero attached hydrogens (tertiary/aromatic N) is 3. The highest BCUT2D eigenvalue weighted by molar-refractivity contribution is 8.00. The maximum atomic E-state index is 12.0. The summed E-state index contributed by atoms with van der Waals surface area (Å²) in [6.45, 7) is 1.59. The van der Waals surface area contributed by atoms with Crippen LogP contribution in [0.5, 0.6) is 0 Å². The zero-order valence-electron chi connectivity index (χ0n) is 12.2. The maximum Gasteiger partial charge on any atom is 0.269 e. The summed E-state index contributed by atoms with van der Waals surface area (Å²) in [4.78, 5) is 26.4. The molecule has 2 rings (SSSR count). The quantitative estimate of drug-likeness (QED) is 0.595. The first-order valence-corrected chi connectivity index (χ1v) is 7.84. The molecule has 0 spiro atoms. The fourth-order valence-corrected chi connectivity index (χ4v) is 3.53. The number of non-ortho nitro benzene ring substituents is 1. The largest absolute Gasteiger partial charge is 0.326 e. The summed E-state index contributed by atoms with van der Waals surface area (Å²) in [6.07, 6.45) is 0.894. The molecule has 114 valence electrons. The number of rotatable bonds is 6. The van der Waals surface area contributed by atoms with Crippen LogP contribution in [-0.4, -0.2) is 53.6 Å². The van der Waals surface area contributed by atoms with Gasteiger partial charge in [-0.25, -0.2) is 0 Å². The van der Waals surface area contributed by atoms with Gasteiger partial charge in [-0.2, -0.15) is 0 Å². The maximum absolute atomic E-state index is 12.0. The second-order valence-electron chi connectivity index (χ2n) is 5.26. The number of thioether (sulfide) groups is 1. The second kappa shape index (κ2) is 6.91. The Morgan fingerprint density at radius 2 is 2.24 bits per heavy atom. The summed E-state index contributed by atoms with van der Waals surface area (Å²) in [5, 5.41) is 10.8. The van der Waals surface area contributed by atoms with Gasteiger partial charge in [0, 0.05) is 18.7 Å². The summed E-state index contributed by atoms with van der Waals surface area (Å²) in [7, 11) is 4.00. The number of carbonyl (C=O) groups excluding carboxylic acids is 1. The van der Waals surface area contributed by atoms with Crippen molar-refractivity contribution in [1.82, 2.24) is 9.80 Å². The van der Waals surface area contributed by atoms with Crippen molar-refractivity contribution in [1.29, 1.82) is 0 Å². The van der Waals surface area contributed by atoms with Gasteiger partial charge in [-0.05, 0) is 32.6 Å². The van der Waals surface area contributed by atoms with E-state index in [0.717, 1.165) is 18.5 Å². The number of carbonyl (C=O) groups is 1. The molecule has 1 fully saturated rings. The van der Waals surface area contributed by atoms with E-state index in [2.05, 4.69) is 4.90 Å². The van der Waals surface area contributed by atoms with E-state index in [9.17, 15) is 14.9 Å². The van der Waals surface area contributed by atoms with Crippen LogP contribution in [0.15, 0.2) is 24.3 Å². The van der Waals surface area contributed by atoms with Gasteiger partial charge in [0.05, 0.1) is 10.7 Å². The van der Waals surface area contributed by atoms with Crippen molar-refractivity contribution in [3.8, 4) is 0 Å². The van der Waals surface area contributed by atoms with Crippen LogP contribution in [0.25, 0.3) is 0 Å². The molecule has 1 aromatic carbocycles. The average Bonchev–Trinajstić information content (AvgIpc) is 2.80. The third kappa shape index (κ3) is 3.95. The molecule has 21 heavy (non-hydrogen) atoms. The minimum Gasteiger partial charge on any atom is -0.326 e. The van der Waals surface area contributed by atoms with Crippen molar-refractivity contribution in [2.75, 3.05) is 32.9 Å². The molecule has 0 bridgehead atoms. The zero-order valence-corrected chi connectivity index (χ0v) is 13.0. The first-order valence-electron chi connectivity index (χ1n) is 6.79. The Morgan fingerprint density at radius 3 is 2.90 bits per heavy atom. The molecule has 0 aliphatic carbocycles. The molecule has 0 N–H and O–H groups in total. The smallest absolute Gasteiger partial charge is 0.269 e. The van der Waals surface area contributed by atoms with Crippen LogP contribution in [0.1, 0.15) is 17.4 Å². The SMILES string of the molecule is CN(C)CCCN1C(=O)CSC1c1cccc([N+](=O)[O-])c1. The zero-order chi connectivity index (χ0) is 15.4. The van der Waals surface area contributed by atoms with Crippen LogP contribution >= 0.6 is 11.8 Å². The Hall–Kier alpha value is -1.60. The highest BCUT2D eigenvalue weighted by atomic mass is 32.2. The minimum atomic E-state index is -0.401. The summed E-state index contributed by atoms with van der Waals surface area (Å²) >= 11 is 1.53. The lowest BCUT2D eigenvalue weighted by Gasteiger charge is -2.24. The summed E-state index contributed by atoms with van der Waals surface area (Å²) in [5.41, 5.74) is 0.894.